The van der Waals surface area contributed by atoms with Gasteiger partial charge in [0.2, 0.25) is 0 Å². The molecule has 0 spiro atoms. The molecule has 0 saturated heterocycles. The highest BCUT2D eigenvalue weighted by Gasteiger charge is 2.53. The Morgan fingerprint density at radius 2 is 1.34 bits per heavy atom. The van der Waals surface area contributed by atoms with E-state index in [-0.39, 0.29) is 5.92 Å². The number of benzene rings is 3. The van der Waals surface area contributed by atoms with Crippen molar-refractivity contribution in [3.8, 4) is 0 Å². The molecule has 0 saturated carbocycles. The average molecular weight is 501 g/mol. The van der Waals surface area contributed by atoms with Crippen molar-refractivity contribution in [2.75, 3.05) is 23.0 Å². The lowest BCUT2D eigenvalue weighted by molar-refractivity contribution is 0.403. The van der Waals surface area contributed by atoms with E-state index in [9.17, 15) is 0 Å². The van der Waals surface area contributed by atoms with Gasteiger partial charge in [-0.25, -0.2) is 9.99 Å². The highest BCUT2D eigenvalue weighted by atomic mass is 15.5. The molecular weight excluding hydrogens is 464 g/mol. The van der Waals surface area contributed by atoms with Crippen molar-refractivity contribution in [2.24, 2.45) is 11.0 Å². The zero-order valence-corrected chi connectivity index (χ0v) is 22.5. The predicted octanol–water partition coefficient (Wildman–Crippen LogP) is 7.79. The topological polar surface area (TPSA) is 31.7 Å². The second kappa shape index (κ2) is 11.5. The molecule has 5 rings (SSSR count). The van der Waals surface area contributed by atoms with Crippen molar-refractivity contribution >= 4 is 23.3 Å². The Bertz CT molecular complexity index is 1320. The first-order valence-electron chi connectivity index (χ1n) is 13.7. The minimum Gasteiger partial charge on any atom is -0.372 e. The number of hydrazone groups is 1. The molecule has 0 aliphatic carbocycles. The van der Waals surface area contributed by atoms with E-state index in [4.69, 9.17) is 10.1 Å². The predicted molar refractivity (Wildman–Crippen MR) is 161 cm³/mol. The lowest BCUT2D eigenvalue weighted by Crippen LogP contribution is -2.47. The summed E-state index contributed by atoms with van der Waals surface area (Å²) in [5.41, 5.74) is 5.38. The van der Waals surface area contributed by atoms with E-state index < -0.39 is 5.54 Å². The second-order valence-electron chi connectivity index (χ2n) is 9.58. The van der Waals surface area contributed by atoms with Crippen LogP contribution in [0.15, 0.2) is 121 Å². The van der Waals surface area contributed by atoms with Crippen molar-refractivity contribution in [1.29, 1.82) is 0 Å². The van der Waals surface area contributed by atoms with E-state index in [1.807, 2.05) is 18.3 Å². The first-order valence-corrected chi connectivity index (χ1v) is 13.7. The number of allylic oxidation sites excluding steroid dienone is 1. The molecule has 4 heteroatoms. The van der Waals surface area contributed by atoms with Crippen molar-refractivity contribution in [3.63, 3.8) is 0 Å². The quantitative estimate of drug-likeness (QED) is 0.235. The summed E-state index contributed by atoms with van der Waals surface area (Å²) in [6, 6.07) is 36.4. The van der Waals surface area contributed by atoms with Gasteiger partial charge in [-0.1, -0.05) is 91.9 Å². The van der Waals surface area contributed by atoms with Gasteiger partial charge in [0, 0.05) is 30.9 Å². The number of hydrogen-bond donors (Lipinski definition) is 0. The molecule has 1 aliphatic heterocycles. The van der Waals surface area contributed by atoms with Crippen molar-refractivity contribution in [1.82, 2.24) is 4.98 Å². The molecule has 0 fully saturated rings. The van der Waals surface area contributed by atoms with Crippen LogP contribution in [0.4, 0.5) is 11.5 Å². The molecule has 38 heavy (non-hydrogen) atoms. The fraction of sp³-hybridized carbons (Fsp3) is 0.235. The maximum atomic E-state index is 5.30. The van der Waals surface area contributed by atoms with E-state index in [0.717, 1.165) is 31.0 Å². The lowest BCUT2D eigenvalue weighted by Gasteiger charge is -2.42. The van der Waals surface area contributed by atoms with Gasteiger partial charge in [-0.15, -0.1) is 0 Å². The van der Waals surface area contributed by atoms with Crippen LogP contribution in [0.3, 0.4) is 0 Å². The van der Waals surface area contributed by atoms with Gasteiger partial charge in [0.1, 0.15) is 11.4 Å². The van der Waals surface area contributed by atoms with Crippen LogP contribution in [0.1, 0.15) is 43.9 Å². The Balaban J connectivity index is 1.62. The first-order chi connectivity index (χ1) is 18.7. The van der Waals surface area contributed by atoms with E-state index in [2.05, 4.69) is 134 Å². The van der Waals surface area contributed by atoms with E-state index in [1.54, 1.807) is 0 Å². The van der Waals surface area contributed by atoms with Crippen LogP contribution in [0.25, 0.3) is 6.08 Å². The van der Waals surface area contributed by atoms with E-state index in [0.29, 0.717) is 0 Å². The summed E-state index contributed by atoms with van der Waals surface area (Å²) in [7, 11) is 0. The maximum absolute atomic E-state index is 5.30. The molecule has 1 aliphatic rings. The van der Waals surface area contributed by atoms with Gasteiger partial charge in [-0.3, -0.25) is 0 Å². The minimum absolute atomic E-state index is 0.125. The molecule has 1 aromatic heterocycles. The molecule has 0 bridgehead atoms. The van der Waals surface area contributed by atoms with Crippen molar-refractivity contribution in [3.05, 3.63) is 132 Å². The number of hydrogen-bond acceptors (Lipinski definition) is 4. The van der Waals surface area contributed by atoms with Gasteiger partial charge in [0.15, 0.2) is 0 Å². The van der Waals surface area contributed by atoms with Gasteiger partial charge in [-0.2, -0.15) is 5.10 Å². The molecule has 192 valence electrons. The van der Waals surface area contributed by atoms with Crippen LogP contribution < -0.4 is 9.91 Å². The number of pyridine rings is 1. The number of nitrogens with zero attached hydrogens (tertiary/aromatic N) is 4. The van der Waals surface area contributed by atoms with Crippen LogP contribution in [-0.4, -0.2) is 23.8 Å². The van der Waals surface area contributed by atoms with Crippen molar-refractivity contribution in [2.45, 2.75) is 32.7 Å². The zero-order valence-electron chi connectivity index (χ0n) is 22.5. The van der Waals surface area contributed by atoms with E-state index >= 15 is 0 Å². The SMILES string of the molecule is CCC1C(C=Cc2ccc(N(CC)CC)cc2)=NN(c2ccccn2)C1(c1ccccc1)c1ccccc1. The standard InChI is InChI=1S/C34H36N4/c1-4-31-32(25-22-27-20-23-30(24-21-27)37(5-2)6-3)36-38(33-19-13-14-26-35-33)34(31,28-15-9-7-10-16-28)29-17-11-8-12-18-29/h7-26,31H,4-6H2,1-3H3. The Kier molecular flexibility index (Phi) is 7.69. The fourth-order valence-corrected chi connectivity index (χ4v) is 5.76. The average Bonchev–Trinajstić information content (AvgIpc) is 3.33. The molecule has 1 unspecified atom stereocenters. The van der Waals surface area contributed by atoms with Crippen LogP contribution >= 0.6 is 0 Å². The molecule has 4 aromatic rings. The summed E-state index contributed by atoms with van der Waals surface area (Å²) < 4.78 is 0. The highest BCUT2D eigenvalue weighted by molar-refractivity contribution is 6.04. The minimum atomic E-state index is -0.516. The van der Waals surface area contributed by atoms with Crippen LogP contribution in [0, 0.1) is 5.92 Å². The first kappa shape index (κ1) is 25.5. The molecule has 4 nitrogen and oxygen atoms in total. The third-order valence-electron chi connectivity index (χ3n) is 7.58. The molecular formula is C34H36N4. The molecule has 0 N–H and O–H groups in total. The summed E-state index contributed by atoms with van der Waals surface area (Å²) in [6.45, 7) is 8.66. The number of anilines is 2. The Labute approximate surface area is 227 Å². The molecule has 3 aromatic carbocycles. The second-order valence-corrected chi connectivity index (χ2v) is 9.58. The largest absolute Gasteiger partial charge is 0.372 e. The third-order valence-corrected chi connectivity index (χ3v) is 7.58. The van der Waals surface area contributed by atoms with Crippen molar-refractivity contribution < 1.29 is 0 Å². The Morgan fingerprint density at radius 1 is 0.737 bits per heavy atom. The normalized spacial score (nSPS) is 16.6. The molecule has 0 radical (unpaired) electrons. The summed E-state index contributed by atoms with van der Waals surface area (Å²) in [6.07, 6.45) is 7.16. The van der Waals surface area contributed by atoms with Gasteiger partial charge < -0.3 is 4.90 Å². The fourth-order valence-electron chi connectivity index (χ4n) is 5.76. The Hall–Kier alpha value is -4.18. The maximum Gasteiger partial charge on any atom is 0.150 e. The molecule has 2 heterocycles. The highest BCUT2D eigenvalue weighted by Crippen LogP contribution is 2.50. The monoisotopic (exact) mass is 500 g/mol. The summed E-state index contributed by atoms with van der Waals surface area (Å²) in [4.78, 5) is 7.12. The van der Waals surface area contributed by atoms with Gasteiger partial charge in [0.25, 0.3) is 0 Å². The summed E-state index contributed by atoms with van der Waals surface area (Å²) >= 11 is 0. The molecule has 1 atom stereocenters. The number of rotatable bonds is 9. The van der Waals surface area contributed by atoms with E-state index in [1.165, 1.54) is 22.4 Å². The Morgan fingerprint density at radius 3 is 1.87 bits per heavy atom. The van der Waals surface area contributed by atoms with Gasteiger partial charge >= 0.3 is 0 Å². The number of aromatic nitrogens is 1. The van der Waals surface area contributed by atoms with Crippen LogP contribution in [0.5, 0.6) is 0 Å². The molecule has 0 amide bonds. The summed E-state index contributed by atoms with van der Waals surface area (Å²) in [5.74, 6) is 0.964. The smallest absolute Gasteiger partial charge is 0.150 e. The lowest BCUT2D eigenvalue weighted by atomic mass is 9.70. The zero-order chi connectivity index (χ0) is 26.4. The van der Waals surface area contributed by atoms with Gasteiger partial charge in [-0.05, 0) is 67.3 Å². The van der Waals surface area contributed by atoms with Crippen LogP contribution in [-0.2, 0) is 5.54 Å². The van der Waals surface area contributed by atoms with Crippen LogP contribution in [0.2, 0.25) is 0 Å². The van der Waals surface area contributed by atoms with Gasteiger partial charge in [0.05, 0.1) is 5.71 Å². The third kappa shape index (κ3) is 4.63. The summed E-state index contributed by atoms with van der Waals surface area (Å²) in [5, 5.41) is 7.44.